The monoisotopic (exact) mass is 502 g/mol. The lowest BCUT2D eigenvalue weighted by atomic mass is 9.93. The summed E-state index contributed by atoms with van der Waals surface area (Å²) in [6.07, 6.45) is 1.95. The number of thiophene rings is 1. The van der Waals surface area contributed by atoms with Gasteiger partial charge in [0.15, 0.2) is 0 Å². The second-order valence-electron chi connectivity index (χ2n) is 9.57. The van der Waals surface area contributed by atoms with Gasteiger partial charge < -0.3 is 4.57 Å². The number of para-hydroxylation sites is 3. The largest absolute Gasteiger partial charge is 0.309 e. The molecule has 0 spiro atoms. The van der Waals surface area contributed by atoms with Gasteiger partial charge in [-0.2, -0.15) is 0 Å². The summed E-state index contributed by atoms with van der Waals surface area (Å²) in [6.45, 7) is 0. The highest BCUT2D eigenvalue weighted by molar-refractivity contribution is 7.26. The van der Waals surface area contributed by atoms with Gasteiger partial charge in [-0.3, -0.25) is 4.98 Å². The fraction of sp³-hybridized carbons (Fsp3) is 0. The first-order valence-corrected chi connectivity index (χ1v) is 13.6. The summed E-state index contributed by atoms with van der Waals surface area (Å²) in [5.41, 5.74) is 9.57. The maximum absolute atomic E-state index is 4.79. The van der Waals surface area contributed by atoms with Crippen LogP contribution < -0.4 is 0 Å². The Morgan fingerprint density at radius 1 is 0.474 bits per heavy atom. The third kappa shape index (κ3) is 3.09. The number of aromatic nitrogens is 2. The molecule has 8 aromatic rings. The van der Waals surface area contributed by atoms with Crippen molar-refractivity contribution in [2.45, 2.75) is 0 Å². The second-order valence-corrected chi connectivity index (χ2v) is 10.6. The van der Waals surface area contributed by atoms with E-state index < -0.39 is 0 Å². The van der Waals surface area contributed by atoms with Crippen molar-refractivity contribution in [3.05, 3.63) is 134 Å². The van der Waals surface area contributed by atoms with Gasteiger partial charge >= 0.3 is 0 Å². The number of nitrogens with zero attached hydrogens (tertiary/aromatic N) is 2. The highest BCUT2D eigenvalue weighted by atomic mass is 32.1. The smallest absolute Gasteiger partial charge is 0.0894 e. The number of hydrogen-bond acceptors (Lipinski definition) is 2. The predicted octanol–water partition coefficient (Wildman–Crippen LogP) is 9.88. The van der Waals surface area contributed by atoms with Gasteiger partial charge in [0.25, 0.3) is 0 Å². The van der Waals surface area contributed by atoms with Crippen LogP contribution in [0.2, 0.25) is 0 Å². The van der Waals surface area contributed by atoms with Crippen LogP contribution >= 0.6 is 11.3 Å². The molecule has 0 amide bonds. The second kappa shape index (κ2) is 8.41. The number of benzene rings is 5. The van der Waals surface area contributed by atoms with Crippen LogP contribution in [0.15, 0.2) is 134 Å². The van der Waals surface area contributed by atoms with E-state index >= 15 is 0 Å². The van der Waals surface area contributed by atoms with Crippen LogP contribution in [-0.4, -0.2) is 9.55 Å². The lowest BCUT2D eigenvalue weighted by Gasteiger charge is -2.17. The molecule has 0 atom stereocenters. The van der Waals surface area contributed by atoms with Gasteiger partial charge in [-0.1, -0.05) is 97.1 Å². The summed E-state index contributed by atoms with van der Waals surface area (Å²) in [4.78, 5) is 4.79. The van der Waals surface area contributed by atoms with Crippen molar-refractivity contribution >= 4 is 53.4 Å². The number of hydrogen-bond donors (Lipinski definition) is 0. The maximum atomic E-state index is 4.79. The first-order chi connectivity index (χ1) is 18.9. The molecule has 0 aliphatic rings. The molecular formula is C35H22N2S. The molecule has 0 saturated heterocycles. The third-order valence-corrected chi connectivity index (χ3v) is 8.68. The van der Waals surface area contributed by atoms with E-state index in [-0.39, 0.29) is 0 Å². The Morgan fingerprint density at radius 2 is 1.03 bits per heavy atom. The van der Waals surface area contributed by atoms with Gasteiger partial charge in [0, 0.05) is 38.2 Å². The van der Waals surface area contributed by atoms with E-state index in [2.05, 4.69) is 132 Å². The van der Waals surface area contributed by atoms with E-state index in [1.165, 1.54) is 64.5 Å². The van der Waals surface area contributed by atoms with Crippen LogP contribution in [0.25, 0.3) is 70.0 Å². The first kappa shape index (κ1) is 21.4. The van der Waals surface area contributed by atoms with Crippen LogP contribution in [0.5, 0.6) is 0 Å². The fourth-order valence-corrected chi connectivity index (χ4v) is 7.04. The molecule has 8 rings (SSSR count). The summed E-state index contributed by atoms with van der Waals surface area (Å²) >= 11 is 1.83. The molecule has 0 aliphatic heterocycles. The zero-order valence-electron chi connectivity index (χ0n) is 20.5. The molecule has 0 saturated carbocycles. The van der Waals surface area contributed by atoms with E-state index in [9.17, 15) is 0 Å². The molecule has 3 heteroatoms. The van der Waals surface area contributed by atoms with E-state index in [4.69, 9.17) is 4.98 Å². The topological polar surface area (TPSA) is 17.8 Å². The molecule has 2 nitrogen and oxygen atoms in total. The lowest BCUT2D eigenvalue weighted by Crippen LogP contribution is -1.98. The van der Waals surface area contributed by atoms with E-state index in [1.807, 2.05) is 17.5 Å². The Kier molecular flexibility index (Phi) is 4.73. The average molecular weight is 503 g/mol. The van der Waals surface area contributed by atoms with Crippen LogP contribution in [0.4, 0.5) is 0 Å². The Balaban J connectivity index is 1.43. The van der Waals surface area contributed by atoms with Gasteiger partial charge in [-0.25, -0.2) is 0 Å². The predicted molar refractivity (Wildman–Crippen MR) is 162 cm³/mol. The summed E-state index contributed by atoms with van der Waals surface area (Å²) in [6, 6.07) is 45.7. The zero-order valence-corrected chi connectivity index (χ0v) is 21.3. The molecule has 0 aliphatic carbocycles. The van der Waals surface area contributed by atoms with Crippen molar-refractivity contribution in [1.29, 1.82) is 0 Å². The van der Waals surface area contributed by atoms with Crippen LogP contribution in [0.1, 0.15) is 0 Å². The van der Waals surface area contributed by atoms with Crippen LogP contribution in [0, 0.1) is 0 Å². The molecule has 3 heterocycles. The molecule has 0 N–H and O–H groups in total. The SMILES string of the molecule is c1ccc(-c2ccnc3c2sc2ccccc23)c(-c2ccccc2-n2c3ccccc3c3ccccc32)c1. The van der Waals surface area contributed by atoms with Crippen LogP contribution in [0.3, 0.4) is 0 Å². The van der Waals surface area contributed by atoms with Gasteiger partial charge in [-0.05, 0) is 41.5 Å². The van der Waals surface area contributed by atoms with Crippen molar-refractivity contribution in [2.75, 3.05) is 0 Å². The molecule has 178 valence electrons. The van der Waals surface area contributed by atoms with E-state index in [0.29, 0.717) is 0 Å². The zero-order chi connectivity index (χ0) is 25.1. The number of fused-ring (bicyclic) bond motifs is 6. The summed E-state index contributed by atoms with van der Waals surface area (Å²) in [7, 11) is 0. The standard InChI is InChI=1S/C35H22N2S/c1-2-12-24(28-21-22-36-34-29-16-6-10-20-33(29)38-35(28)34)23(11-1)25-13-3-7-17-30(25)37-31-18-8-4-14-26(31)27-15-5-9-19-32(27)37/h1-22H. The van der Waals surface area contributed by atoms with Crippen molar-refractivity contribution < 1.29 is 0 Å². The van der Waals surface area contributed by atoms with Gasteiger partial charge in [0.05, 0.1) is 26.9 Å². The summed E-state index contributed by atoms with van der Waals surface area (Å²) in [5, 5.41) is 3.76. The van der Waals surface area contributed by atoms with Crippen LogP contribution in [-0.2, 0) is 0 Å². The third-order valence-electron chi connectivity index (χ3n) is 7.49. The average Bonchev–Trinajstić information content (AvgIpc) is 3.53. The molecule has 0 fully saturated rings. The molecule has 38 heavy (non-hydrogen) atoms. The summed E-state index contributed by atoms with van der Waals surface area (Å²) in [5.74, 6) is 0. The highest BCUT2D eigenvalue weighted by Gasteiger charge is 2.18. The van der Waals surface area contributed by atoms with E-state index in [0.717, 1.165) is 5.52 Å². The minimum atomic E-state index is 1.08. The summed E-state index contributed by atoms with van der Waals surface area (Å²) < 4.78 is 4.92. The van der Waals surface area contributed by atoms with Crippen molar-refractivity contribution in [3.63, 3.8) is 0 Å². The molecule has 3 aromatic heterocycles. The van der Waals surface area contributed by atoms with Gasteiger partial charge in [-0.15, -0.1) is 11.3 Å². The molecule has 0 radical (unpaired) electrons. The normalized spacial score (nSPS) is 11.7. The minimum Gasteiger partial charge on any atom is -0.309 e. The highest BCUT2D eigenvalue weighted by Crippen LogP contribution is 2.43. The van der Waals surface area contributed by atoms with Gasteiger partial charge in [0.2, 0.25) is 0 Å². The Morgan fingerprint density at radius 3 is 1.76 bits per heavy atom. The lowest BCUT2D eigenvalue weighted by molar-refractivity contribution is 1.18. The Hall–Kier alpha value is -4.73. The quantitative estimate of drug-likeness (QED) is 0.235. The minimum absolute atomic E-state index is 1.08. The Bertz CT molecular complexity index is 2090. The fourth-order valence-electron chi connectivity index (χ4n) is 5.85. The number of pyridine rings is 1. The molecule has 0 unspecified atom stereocenters. The van der Waals surface area contributed by atoms with Gasteiger partial charge in [0.1, 0.15) is 0 Å². The van der Waals surface area contributed by atoms with Crippen molar-refractivity contribution in [3.8, 4) is 27.9 Å². The molecular weight excluding hydrogens is 480 g/mol. The van der Waals surface area contributed by atoms with E-state index in [1.54, 1.807) is 0 Å². The Labute approximate surface area is 224 Å². The first-order valence-electron chi connectivity index (χ1n) is 12.8. The van der Waals surface area contributed by atoms with Crippen molar-refractivity contribution in [2.24, 2.45) is 0 Å². The maximum Gasteiger partial charge on any atom is 0.0894 e. The number of rotatable bonds is 3. The molecule has 0 bridgehead atoms. The van der Waals surface area contributed by atoms with Crippen molar-refractivity contribution in [1.82, 2.24) is 9.55 Å². The molecule has 5 aromatic carbocycles.